The summed E-state index contributed by atoms with van der Waals surface area (Å²) in [4.78, 5) is 4.34. The molecular formula is C27H31F3N2. The van der Waals surface area contributed by atoms with Gasteiger partial charge in [0.05, 0.1) is 0 Å². The van der Waals surface area contributed by atoms with E-state index in [0.29, 0.717) is 40.8 Å². The van der Waals surface area contributed by atoms with Gasteiger partial charge in [-0.2, -0.15) is 0 Å². The van der Waals surface area contributed by atoms with Crippen LogP contribution in [0.1, 0.15) is 44.4 Å². The highest BCUT2D eigenvalue weighted by atomic mass is 19.1. The number of nitrogens with zero attached hydrogens (tertiary/aromatic N) is 1. The van der Waals surface area contributed by atoms with Crippen LogP contribution >= 0.6 is 0 Å². The second-order valence-corrected chi connectivity index (χ2v) is 9.24. The molecule has 0 radical (unpaired) electrons. The lowest BCUT2D eigenvalue weighted by atomic mass is 9.90. The van der Waals surface area contributed by atoms with Crippen LogP contribution in [0.3, 0.4) is 0 Å². The molecule has 1 aromatic heterocycles. The molecule has 0 aliphatic heterocycles. The van der Waals surface area contributed by atoms with Crippen molar-refractivity contribution >= 4 is 5.82 Å². The van der Waals surface area contributed by atoms with Crippen LogP contribution in [0, 0.1) is 43.1 Å². The minimum atomic E-state index is -0.545. The van der Waals surface area contributed by atoms with Crippen molar-refractivity contribution in [2.75, 3.05) is 11.9 Å². The molecule has 2 nitrogen and oxygen atoms in total. The minimum absolute atomic E-state index is 0.0990. The number of hydrogen-bond acceptors (Lipinski definition) is 2. The second kappa shape index (κ2) is 9.76. The third-order valence-corrected chi connectivity index (χ3v) is 5.56. The molecule has 3 aromatic rings. The van der Waals surface area contributed by atoms with Crippen LogP contribution in [0.15, 0.2) is 36.5 Å². The third kappa shape index (κ3) is 4.98. The Bertz CT molecular complexity index is 1070. The highest BCUT2D eigenvalue weighted by Crippen LogP contribution is 2.38. The third-order valence-electron chi connectivity index (χ3n) is 5.56. The van der Waals surface area contributed by atoms with Crippen molar-refractivity contribution < 1.29 is 13.2 Å². The van der Waals surface area contributed by atoms with E-state index < -0.39 is 17.5 Å². The number of nitrogens with one attached hydrogen (secondary N) is 1. The number of anilines is 1. The van der Waals surface area contributed by atoms with Gasteiger partial charge >= 0.3 is 0 Å². The Morgan fingerprint density at radius 3 is 1.91 bits per heavy atom. The molecule has 1 heterocycles. The monoisotopic (exact) mass is 440 g/mol. The van der Waals surface area contributed by atoms with Crippen molar-refractivity contribution in [2.45, 2.75) is 48.0 Å². The van der Waals surface area contributed by atoms with E-state index in [1.54, 1.807) is 37.4 Å². The van der Waals surface area contributed by atoms with Crippen molar-refractivity contribution in [1.82, 2.24) is 4.98 Å². The number of pyridine rings is 1. The fraction of sp³-hybridized carbons (Fsp3) is 0.370. The van der Waals surface area contributed by atoms with Crippen LogP contribution in [-0.4, -0.2) is 11.5 Å². The van der Waals surface area contributed by atoms with E-state index in [4.69, 9.17) is 0 Å². The molecule has 0 saturated carbocycles. The van der Waals surface area contributed by atoms with Gasteiger partial charge in [0, 0.05) is 29.4 Å². The normalized spacial score (nSPS) is 11.5. The summed E-state index contributed by atoms with van der Waals surface area (Å²) >= 11 is 0. The number of hydrogen-bond donors (Lipinski definition) is 1. The van der Waals surface area contributed by atoms with Crippen molar-refractivity contribution in [3.63, 3.8) is 0 Å². The molecule has 0 aliphatic rings. The molecule has 170 valence electrons. The highest BCUT2D eigenvalue weighted by Gasteiger charge is 2.23. The zero-order chi connectivity index (χ0) is 23.6. The first-order chi connectivity index (χ1) is 15.1. The van der Waals surface area contributed by atoms with Crippen LogP contribution in [0.5, 0.6) is 0 Å². The van der Waals surface area contributed by atoms with Gasteiger partial charge in [-0.25, -0.2) is 18.2 Å². The zero-order valence-corrected chi connectivity index (χ0v) is 19.6. The predicted molar refractivity (Wildman–Crippen MR) is 126 cm³/mol. The van der Waals surface area contributed by atoms with Gasteiger partial charge in [0.25, 0.3) is 0 Å². The standard InChI is InChI=1S/C27H31F3N2/c1-15(2)11-19-7-8-20(12-22(19)28)24-17(5)27(30)25(18(6)26(24)29)21-9-10-23(32-14-21)31-13-16(3)4/h7-10,12,14-16H,11,13H2,1-6H3,(H,31,32). The fourth-order valence-electron chi connectivity index (χ4n) is 3.87. The molecule has 0 spiro atoms. The molecule has 0 unspecified atom stereocenters. The molecule has 3 rings (SSSR count). The van der Waals surface area contributed by atoms with Crippen molar-refractivity contribution in [3.8, 4) is 22.3 Å². The molecular weight excluding hydrogens is 409 g/mol. The second-order valence-electron chi connectivity index (χ2n) is 9.24. The van der Waals surface area contributed by atoms with Gasteiger partial charge < -0.3 is 5.32 Å². The molecule has 0 amide bonds. The number of benzene rings is 2. The van der Waals surface area contributed by atoms with Crippen molar-refractivity contribution in [1.29, 1.82) is 0 Å². The van der Waals surface area contributed by atoms with Crippen molar-refractivity contribution in [2.24, 2.45) is 11.8 Å². The van der Waals surface area contributed by atoms with Gasteiger partial charge in [0.1, 0.15) is 23.3 Å². The summed E-state index contributed by atoms with van der Waals surface area (Å²) in [5.74, 6) is -0.0117. The maximum Gasteiger partial charge on any atom is 0.135 e. The first-order valence-electron chi connectivity index (χ1n) is 11.1. The number of halogens is 3. The summed E-state index contributed by atoms with van der Waals surface area (Å²) in [7, 11) is 0. The van der Waals surface area contributed by atoms with E-state index in [9.17, 15) is 4.39 Å². The maximum atomic E-state index is 15.5. The van der Waals surface area contributed by atoms with Gasteiger partial charge in [-0.3, -0.25) is 0 Å². The molecule has 32 heavy (non-hydrogen) atoms. The molecule has 0 bridgehead atoms. The summed E-state index contributed by atoms with van der Waals surface area (Å²) in [6.07, 6.45) is 2.14. The smallest absolute Gasteiger partial charge is 0.135 e. The largest absolute Gasteiger partial charge is 0.370 e. The Hall–Kier alpha value is -2.82. The lowest BCUT2D eigenvalue weighted by Crippen LogP contribution is -2.09. The Balaban J connectivity index is 2.03. The van der Waals surface area contributed by atoms with E-state index in [1.807, 2.05) is 13.8 Å². The van der Waals surface area contributed by atoms with Gasteiger partial charge in [0.15, 0.2) is 0 Å². The molecule has 0 saturated heterocycles. The summed E-state index contributed by atoms with van der Waals surface area (Å²) in [5, 5.41) is 3.21. The van der Waals surface area contributed by atoms with E-state index in [2.05, 4.69) is 24.1 Å². The van der Waals surface area contributed by atoms with Gasteiger partial charge in [0.2, 0.25) is 0 Å². The zero-order valence-electron chi connectivity index (χ0n) is 19.6. The summed E-state index contributed by atoms with van der Waals surface area (Å²) in [6.45, 7) is 12.1. The average Bonchev–Trinajstić information content (AvgIpc) is 2.73. The minimum Gasteiger partial charge on any atom is -0.370 e. The number of aromatic nitrogens is 1. The Morgan fingerprint density at radius 1 is 0.812 bits per heavy atom. The molecule has 0 atom stereocenters. The van der Waals surface area contributed by atoms with Crippen LogP contribution in [0.2, 0.25) is 0 Å². The van der Waals surface area contributed by atoms with E-state index in [0.717, 1.165) is 6.54 Å². The topological polar surface area (TPSA) is 24.9 Å². The molecule has 5 heteroatoms. The number of rotatable bonds is 7. The molecule has 0 fully saturated rings. The average molecular weight is 441 g/mol. The van der Waals surface area contributed by atoms with Gasteiger partial charge in [-0.1, -0.05) is 39.8 Å². The van der Waals surface area contributed by atoms with Gasteiger partial charge in [-0.05, 0) is 72.6 Å². The molecule has 1 N–H and O–H groups in total. The Kier molecular flexibility index (Phi) is 7.27. The van der Waals surface area contributed by atoms with Crippen LogP contribution < -0.4 is 5.32 Å². The molecule has 0 aliphatic carbocycles. The lowest BCUT2D eigenvalue weighted by Gasteiger charge is -2.17. The predicted octanol–water partition coefficient (Wildman–Crippen LogP) is 7.72. The Morgan fingerprint density at radius 2 is 1.41 bits per heavy atom. The highest BCUT2D eigenvalue weighted by molar-refractivity contribution is 5.78. The van der Waals surface area contributed by atoms with E-state index in [-0.39, 0.29) is 22.3 Å². The van der Waals surface area contributed by atoms with Crippen LogP contribution in [0.25, 0.3) is 22.3 Å². The van der Waals surface area contributed by atoms with Crippen LogP contribution in [-0.2, 0) is 6.42 Å². The first kappa shape index (κ1) is 23.8. The van der Waals surface area contributed by atoms with E-state index in [1.165, 1.54) is 13.0 Å². The summed E-state index contributed by atoms with van der Waals surface area (Å²) in [5.41, 5.74) is 2.03. The fourth-order valence-corrected chi connectivity index (χ4v) is 3.87. The summed E-state index contributed by atoms with van der Waals surface area (Å²) in [6, 6.07) is 8.14. The first-order valence-corrected chi connectivity index (χ1v) is 11.1. The lowest BCUT2D eigenvalue weighted by molar-refractivity contribution is 0.573. The quantitative estimate of drug-likeness (QED) is 0.407. The Labute approximate surface area is 188 Å². The van der Waals surface area contributed by atoms with Crippen LogP contribution in [0.4, 0.5) is 19.0 Å². The van der Waals surface area contributed by atoms with Gasteiger partial charge in [-0.15, -0.1) is 0 Å². The SMILES string of the molecule is Cc1c(F)c(-c2ccc(CC(C)C)c(F)c2)c(C)c(F)c1-c1ccc(NCC(C)C)nc1. The summed E-state index contributed by atoms with van der Waals surface area (Å²) < 4.78 is 45.6. The van der Waals surface area contributed by atoms with Crippen molar-refractivity contribution in [3.05, 3.63) is 70.7 Å². The maximum absolute atomic E-state index is 15.5. The molecule has 2 aromatic carbocycles. The van der Waals surface area contributed by atoms with E-state index >= 15 is 8.78 Å².